The number of benzene rings is 1. The Balaban J connectivity index is 1.56. The highest BCUT2D eigenvalue weighted by Crippen LogP contribution is 2.31. The van der Waals surface area contributed by atoms with Crippen LogP contribution in [0.15, 0.2) is 30.3 Å². The molecule has 2 aromatic heterocycles. The number of amides is 1. The summed E-state index contributed by atoms with van der Waals surface area (Å²) in [7, 11) is 0. The van der Waals surface area contributed by atoms with E-state index in [-0.39, 0.29) is 5.91 Å². The van der Waals surface area contributed by atoms with Gasteiger partial charge in [-0.1, -0.05) is 32.0 Å². The molecule has 0 bridgehead atoms. The minimum absolute atomic E-state index is 0.00856. The Morgan fingerprint density at radius 3 is 2.64 bits per heavy atom. The number of carbonyl (C=O) groups excluding carboxylic acids is 1. The van der Waals surface area contributed by atoms with Crippen LogP contribution in [-0.2, 0) is 6.54 Å². The minimum Gasteiger partial charge on any atom is -0.352 e. The van der Waals surface area contributed by atoms with Crippen LogP contribution in [0.5, 0.6) is 0 Å². The van der Waals surface area contributed by atoms with Crippen LogP contribution >= 0.6 is 0 Å². The molecule has 1 aromatic carbocycles. The maximum atomic E-state index is 13.0. The molecule has 4 rings (SSSR count). The number of para-hydroxylation sites is 1. The van der Waals surface area contributed by atoms with E-state index in [1.807, 2.05) is 30.3 Å². The number of hydrogen-bond donors (Lipinski definition) is 1. The number of nitrogens with one attached hydrogen (secondary N) is 1. The first-order valence-electron chi connectivity index (χ1n) is 12.2. The molecule has 3 aromatic rings. The summed E-state index contributed by atoms with van der Waals surface area (Å²) in [5.41, 5.74) is 6.38. The first kappa shape index (κ1) is 23.4. The number of hydrogen-bond acceptors (Lipinski definition) is 4. The molecule has 0 spiro atoms. The van der Waals surface area contributed by atoms with E-state index in [2.05, 4.69) is 56.4 Å². The molecule has 33 heavy (non-hydrogen) atoms. The van der Waals surface area contributed by atoms with Gasteiger partial charge in [-0.2, -0.15) is 5.10 Å². The van der Waals surface area contributed by atoms with Gasteiger partial charge in [0.15, 0.2) is 0 Å². The predicted octanol–water partition coefficient (Wildman–Crippen LogP) is 5.00. The van der Waals surface area contributed by atoms with Crippen molar-refractivity contribution >= 4 is 16.8 Å². The quantitative estimate of drug-likeness (QED) is 0.553. The molecule has 176 valence electrons. The molecule has 6 nitrogen and oxygen atoms in total. The molecule has 1 amide bonds. The Morgan fingerprint density at radius 2 is 1.94 bits per heavy atom. The van der Waals surface area contributed by atoms with Crippen molar-refractivity contribution in [1.29, 1.82) is 0 Å². The predicted molar refractivity (Wildman–Crippen MR) is 134 cm³/mol. The molecule has 1 N–H and O–H groups in total. The second-order valence-electron chi connectivity index (χ2n) is 10.1. The molecule has 1 fully saturated rings. The lowest BCUT2D eigenvalue weighted by molar-refractivity contribution is 0.0950. The van der Waals surface area contributed by atoms with Crippen LogP contribution in [0.2, 0.25) is 0 Å². The zero-order chi connectivity index (χ0) is 23.7. The lowest BCUT2D eigenvalue weighted by Gasteiger charge is -2.18. The van der Waals surface area contributed by atoms with Gasteiger partial charge in [0.25, 0.3) is 5.91 Å². The summed E-state index contributed by atoms with van der Waals surface area (Å²) >= 11 is 0. The zero-order valence-corrected chi connectivity index (χ0v) is 20.9. The summed E-state index contributed by atoms with van der Waals surface area (Å²) in [5.74, 6) is 0.731. The lowest BCUT2D eigenvalue weighted by atomic mass is 9.99. The van der Waals surface area contributed by atoms with Crippen molar-refractivity contribution in [3.63, 3.8) is 0 Å². The smallest absolute Gasteiger partial charge is 0.252 e. The molecular formula is C27H37N5O. The van der Waals surface area contributed by atoms with Crippen LogP contribution in [0, 0.1) is 19.8 Å². The van der Waals surface area contributed by atoms with Crippen LogP contribution in [0.25, 0.3) is 10.9 Å². The molecule has 0 aliphatic carbocycles. The summed E-state index contributed by atoms with van der Waals surface area (Å²) in [6.45, 7) is 16.4. The van der Waals surface area contributed by atoms with Crippen LogP contribution < -0.4 is 5.32 Å². The highest BCUT2D eigenvalue weighted by molar-refractivity contribution is 6.06. The molecule has 6 heteroatoms. The molecule has 1 aliphatic heterocycles. The van der Waals surface area contributed by atoms with E-state index in [0.717, 1.165) is 53.9 Å². The highest BCUT2D eigenvalue weighted by atomic mass is 16.1. The lowest BCUT2D eigenvalue weighted by Crippen LogP contribution is -2.28. The molecular weight excluding hydrogens is 410 g/mol. The van der Waals surface area contributed by atoms with Crippen LogP contribution in [0.4, 0.5) is 0 Å². The highest BCUT2D eigenvalue weighted by Gasteiger charge is 2.28. The van der Waals surface area contributed by atoms with E-state index in [1.54, 1.807) is 0 Å². The first-order chi connectivity index (χ1) is 15.7. The molecule has 3 heterocycles. The fraction of sp³-hybridized carbons (Fsp3) is 0.519. The van der Waals surface area contributed by atoms with E-state index < -0.39 is 0 Å². The molecule has 0 saturated carbocycles. The van der Waals surface area contributed by atoms with Crippen LogP contribution in [0.3, 0.4) is 0 Å². The number of pyridine rings is 1. The van der Waals surface area contributed by atoms with Gasteiger partial charge in [-0.3, -0.25) is 19.4 Å². The Labute approximate surface area is 197 Å². The van der Waals surface area contributed by atoms with Gasteiger partial charge in [-0.25, -0.2) is 0 Å². The first-order valence-corrected chi connectivity index (χ1v) is 12.2. The summed E-state index contributed by atoms with van der Waals surface area (Å²) in [6.07, 6.45) is 1.05. The molecule has 1 saturated heterocycles. The van der Waals surface area contributed by atoms with E-state index in [4.69, 9.17) is 10.1 Å². The van der Waals surface area contributed by atoms with Gasteiger partial charge in [0.2, 0.25) is 0 Å². The van der Waals surface area contributed by atoms with Crippen molar-refractivity contribution in [3.8, 4) is 0 Å². The van der Waals surface area contributed by atoms with Crippen LogP contribution in [-0.4, -0.2) is 45.2 Å². The van der Waals surface area contributed by atoms with Crippen LogP contribution in [0.1, 0.15) is 79.1 Å². The maximum absolute atomic E-state index is 13.0. The van der Waals surface area contributed by atoms with Gasteiger partial charge in [-0.15, -0.1) is 0 Å². The summed E-state index contributed by atoms with van der Waals surface area (Å²) in [5, 5.41) is 8.77. The number of aryl methyl sites for hydroxylation is 1. The average molecular weight is 448 g/mol. The summed E-state index contributed by atoms with van der Waals surface area (Å²) in [4.78, 5) is 20.5. The maximum Gasteiger partial charge on any atom is 0.252 e. The molecule has 0 unspecified atom stereocenters. The summed E-state index contributed by atoms with van der Waals surface area (Å²) < 4.78 is 2.13. The normalized spacial score (nSPS) is 16.9. The monoisotopic (exact) mass is 447 g/mol. The fourth-order valence-electron chi connectivity index (χ4n) is 4.85. The van der Waals surface area contributed by atoms with Crippen molar-refractivity contribution in [1.82, 2.24) is 25.0 Å². The Bertz CT molecular complexity index is 1150. The number of fused-ring (bicyclic) bond motifs is 1. The Hall–Kier alpha value is -2.73. The van der Waals surface area contributed by atoms with Gasteiger partial charge >= 0.3 is 0 Å². The third-order valence-corrected chi connectivity index (χ3v) is 6.69. The third-order valence-electron chi connectivity index (χ3n) is 6.69. The van der Waals surface area contributed by atoms with Crippen molar-refractivity contribution in [3.05, 3.63) is 58.5 Å². The summed E-state index contributed by atoms with van der Waals surface area (Å²) in [6, 6.07) is 10.4. The van der Waals surface area contributed by atoms with E-state index >= 15 is 0 Å². The van der Waals surface area contributed by atoms with Crippen molar-refractivity contribution in [2.24, 2.45) is 5.92 Å². The van der Waals surface area contributed by atoms with E-state index in [1.165, 1.54) is 11.3 Å². The van der Waals surface area contributed by atoms with Crippen molar-refractivity contribution in [2.75, 3.05) is 19.6 Å². The Morgan fingerprint density at radius 1 is 1.18 bits per heavy atom. The van der Waals surface area contributed by atoms with Gasteiger partial charge in [0.05, 0.1) is 16.8 Å². The SMILES string of the molecule is Cc1nn(C(C)C)c(C)c1CN1CC[C@H](c2cc(C(=O)NCC(C)C)c3ccccc3n2)C1. The number of likely N-dealkylation sites (tertiary alicyclic amines) is 1. The van der Waals surface area contributed by atoms with E-state index in [0.29, 0.717) is 24.4 Å². The van der Waals surface area contributed by atoms with Crippen molar-refractivity contribution in [2.45, 2.75) is 66.5 Å². The Kier molecular flexibility index (Phi) is 6.84. The number of nitrogens with zero attached hydrogens (tertiary/aromatic N) is 4. The minimum atomic E-state index is -0.00856. The zero-order valence-electron chi connectivity index (χ0n) is 20.9. The third kappa shape index (κ3) is 4.96. The number of carbonyl (C=O) groups is 1. The van der Waals surface area contributed by atoms with Gasteiger partial charge in [0.1, 0.15) is 0 Å². The van der Waals surface area contributed by atoms with Gasteiger partial charge < -0.3 is 5.32 Å². The molecule has 0 radical (unpaired) electrons. The largest absolute Gasteiger partial charge is 0.352 e. The fourth-order valence-corrected chi connectivity index (χ4v) is 4.85. The standard InChI is InChI=1S/C27H37N5O/c1-17(2)14-28-27(33)23-13-26(29-25-10-8-7-9-22(23)25)21-11-12-31(15-21)16-24-19(5)30-32(18(3)4)20(24)6/h7-10,13,17-18,21H,11-12,14-16H2,1-6H3,(H,28,33)/t21-/m0/s1. The molecule has 1 aliphatic rings. The second kappa shape index (κ2) is 9.64. The topological polar surface area (TPSA) is 63.1 Å². The average Bonchev–Trinajstić information content (AvgIpc) is 3.37. The number of aromatic nitrogens is 3. The second-order valence-corrected chi connectivity index (χ2v) is 10.1. The van der Waals surface area contributed by atoms with E-state index in [9.17, 15) is 4.79 Å². The number of rotatable bonds is 7. The molecule has 1 atom stereocenters. The van der Waals surface area contributed by atoms with Gasteiger partial charge in [-0.05, 0) is 58.7 Å². The van der Waals surface area contributed by atoms with Gasteiger partial charge in [0, 0.05) is 53.9 Å². The van der Waals surface area contributed by atoms with Crippen molar-refractivity contribution < 1.29 is 4.79 Å².